The van der Waals surface area contributed by atoms with Crippen LogP contribution >= 0.6 is 0 Å². The highest BCUT2D eigenvalue weighted by Crippen LogP contribution is 1.91. The summed E-state index contributed by atoms with van der Waals surface area (Å²) in [5, 5.41) is 0. The van der Waals surface area contributed by atoms with Crippen molar-refractivity contribution < 1.29 is 8.42 Å². The van der Waals surface area contributed by atoms with Crippen LogP contribution in [0.2, 0.25) is 0 Å². The zero-order chi connectivity index (χ0) is 11.0. The average Bonchev–Trinajstić information content (AvgIpc) is 2.13. The molecular formula is C8H21N3O2S. The van der Waals surface area contributed by atoms with Crippen LogP contribution in [0, 0.1) is 0 Å². The quantitative estimate of drug-likeness (QED) is 0.539. The Morgan fingerprint density at radius 1 is 1.21 bits per heavy atom. The lowest BCUT2D eigenvalue weighted by Crippen LogP contribution is -2.43. The molecule has 6 heteroatoms. The van der Waals surface area contributed by atoms with Crippen LogP contribution in [-0.2, 0) is 10.2 Å². The van der Waals surface area contributed by atoms with Crippen molar-refractivity contribution in [3.8, 4) is 0 Å². The third kappa shape index (κ3) is 7.25. The Morgan fingerprint density at radius 2 is 1.86 bits per heavy atom. The summed E-state index contributed by atoms with van der Waals surface area (Å²) in [5.41, 5.74) is 5.67. The average molecular weight is 223 g/mol. The molecule has 0 aromatic rings. The van der Waals surface area contributed by atoms with Gasteiger partial charge in [0.15, 0.2) is 0 Å². The number of nitrogens with one attached hydrogen (secondary N) is 2. The SMILES string of the molecule is CCCNS(=O)(=O)NCC(N)CCC. The molecular weight excluding hydrogens is 202 g/mol. The van der Waals surface area contributed by atoms with Crippen LogP contribution < -0.4 is 15.2 Å². The number of hydrogen-bond donors (Lipinski definition) is 3. The van der Waals surface area contributed by atoms with Crippen LogP contribution in [0.3, 0.4) is 0 Å². The maximum Gasteiger partial charge on any atom is 0.276 e. The van der Waals surface area contributed by atoms with Gasteiger partial charge >= 0.3 is 0 Å². The third-order valence-electron chi connectivity index (χ3n) is 1.74. The van der Waals surface area contributed by atoms with E-state index < -0.39 is 10.2 Å². The van der Waals surface area contributed by atoms with Crippen LogP contribution in [0.5, 0.6) is 0 Å². The Labute approximate surface area is 86.6 Å². The molecule has 14 heavy (non-hydrogen) atoms. The highest BCUT2D eigenvalue weighted by atomic mass is 32.2. The van der Waals surface area contributed by atoms with E-state index in [9.17, 15) is 8.42 Å². The highest BCUT2D eigenvalue weighted by Gasteiger charge is 2.09. The van der Waals surface area contributed by atoms with E-state index in [0.717, 1.165) is 19.3 Å². The molecule has 0 radical (unpaired) electrons. The molecule has 0 aromatic carbocycles. The molecule has 0 fully saturated rings. The van der Waals surface area contributed by atoms with Crippen molar-refractivity contribution in [2.24, 2.45) is 5.73 Å². The Morgan fingerprint density at radius 3 is 2.36 bits per heavy atom. The van der Waals surface area contributed by atoms with Gasteiger partial charge in [-0.1, -0.05) is 20.3 Å². The molecule has 0 aliphatic rings. The molecule has 0 heterocycles. The lowest BCUT2D eigenvalue weighted by Gasteiger charge is -2.12. The van der Waals surface area contributed by atoms with E-state index in [1.807, 2.05) is 13.8 Å². The molecule has 0 rings (SSSR count). The summed E-state index contributed by atoms with van der Waals surface area (Å²) in [4.78, 5) is 0. The van der Waals surface area contributed by atoms with E-state index in [-0.39, 0.29) is 6.04 Å². The lowest BCUT2D eigenvalue weighted by molar-refractivity contribution is 0.542. The van der Waals surface area contributed by atoms with Gasteiger partial charge in [-0.05, 0) is 12.8 Å². The van der Waals surface area contributed by atoms with Crippen molar-refractivity contribution in [1.82, 2.24) is 9.44 Å². The van der Waals surface area contributed by atoms with Crippen molar-refractivity contribution in [3.63, 3.8) is 0 Å². The Bertz CT molecular complexity index is 229. The smallest absolute Gasteiger partial charge is 0.276 e. The van der Waals surface area contributed by atoms with E-state index >= 15 is 0 Å². The predicted molar refractivity (Wildman–Crippen MR) is 58.1 cm³/mol. The first kappa shape index (κ1) is 13.8. The maximum atomic E-state index is 11.2. The van der Waals surface area contributed by atoms with Crippen molar-refractivity contribution in [3.05, 3.63) is 0 Å². The molecule has 0 saturated carbocycles. The van der Waals surface area contributed by atoms with Gasteiger partial charge in [-0.25, -0.2) is 9.44 Å². The summed E-state index contributed by atoms with van der Waals surface area (Å²) in [6.45, 7) is 4.68. The summed E-state index contributed by atoms with van der Waals surface area (Å²) < 4.78 is 27.3. The van der Waals surface area contributed by atoms with E-state index in [2.05, 4.69) is 9.44 Å². The maximum absolute atomic E-state index is 11.2. The Kier molecular flexibility index (Phi) is 7.08. The van der Waals surface area contributed by atoms with Crippen LogP contribution in [0.15, 0.2) is 0 Å². The Hall–Kier alpha value is -0.170. The van der Waals surface area contributed by atoms with Crippen LogP contribution in [0.4, 0.5) is 0 Å². The van der Waals surface area contributed by atoms with E-state index in [4.69, 9.17) is 5.73 Å². The zero-order valence-corrected chi connectivity index (χ0v) is 9.73. The van der Waals surface area contributed by atoms with Gasteiger partial charge in [0.2, 0.25) is 0 Å². The summed E-state index contributed by atoms with van der Waals surface area (Å²) >= 11 is 0. The van der Waals surface area contributed by atoms with E-state index in [0.29, 0.717) is 13.1 Å². The fourth-order valence-corrected chi connectivity index (χ4v) is 1.99. The van der Waals surface area contributed by atoms with Gasteiger partial charge in [-0.2, -0.15) is 8.42 Å². The molecule has 0 saturated heterocycles. The molecule has 0 bridgehead atoms. The van der Waals surface area contributed by atoms with E-state index in [1.165, 1.54) is 0 Å². The topological polar surface area (TPSA) is 84.2 Å². The molecule has 0 amide bonds. The van der Waals surface area contributed by atoms with Crippen LogP contribution in [0.25, 0.3) is 0 Å². The molecule has 0 aromatic heterocycles. The number of rotatable bonds is 8. The molecule has 4 N–H and O–H groups in total. The van der Waals surface area contributed by atoms with Gasteiger partial charge in [-0.3, -0.25) is 0 Å². The predicted octanol–water partition coefficient (Wildman–Crippen LogP) is -0.0522. The minimum Gasteiger partial charge on any atom is -0.327 e. The van der Waals surface area contributed by atoms with Gasteiger partial charge in [0.25, 0.3) is 10.2 Å². The largest absolute Gasteiger partial charge is 0.327 e. The van der Waals surface area contributed by atoms with Crippen molar-refractivity contribution in [1.29, 1.82) is 0 Å². The number of hydrogen-bond acceptors (Lipinski definition) is 3. The van der Waals surface area contributed by atoms with E-state index in [1.54, 1.807) is 0 Å². The Balaban J connectivity index is 3.75. The van der Waals surface area contributed by atoms with Gasteiger partial charge < -0.3 is 5.73 Å². The molecule has 1 unspecified atom stereocenters. The fraction of sp³-hybridized carbons (Fsp3) is 1.00. The normalized spacial score (nSPS) is 14.2. The third-order valence-corrected chi connectivity index (χ3v) is 2.87. The van der Waals surface area contributed by atoms with Crippen LogP contribution in [-0.4, -0.2) is 27.5 Å². The standard InChI is InChI=1S/C8H21N3O2S/c1-3-5-8(9)7-11-14(12,13)10-6-4-2/h8,10-11H,3-7,9H2,1-2H3. The minimum absolute atomic E-state index is 0.0989. The first-order chi connectivity index (χ1) is 6.52. The summed E-state index contributed by atoms with van der Waals surface area (Å²) in [7, 11) is -3.34. The molecule has 5 nitrogen and oxygen atoms in total. The second-order valence-corrected chi connectivity index (χ2v) is 4.88. The van der Waals surface area contributed by atoms with Gasteiger partial charge in [0, 0.05) is 19.1 Å². The monoisotopic (exact) mass is 223 g/mol. The fourth-order valence-electron chi connectivity index (χ4n) is 0.977. The molecule has 86 valence electrons. The molecule has 0 spiro atoms. The molecule has 0 aliphatic heterocycles. The van der Waals surface area contributed by atoms with Gasteiger partial charge in [-0.15, -0.1) is 0 Å². The summed E-state index contributed by atoms with van der Waals surface area (Å²) in [6.07, 6.45) is 2.57. The van der Waals surface area contributed by atoms with Crippen LogP contribution in [0.1, 0.15) is 33.1 Å². The zero-order valence-electron chi connectivity index (χ0n) is 8.91. The molecule has 1 atom stereocenters. The van der Waals surface area contributed by atoms with Gasteiger partial charge in [0.1, 0.15) is 0 Å². The summed E-state index contributed by atoms with van der Waals surface area (Å²) in [6, 6.07) is -0.0989. The highest BCUT2D eigenvalue weighted by molar-refractivity contribution is 7.87. The first-order valence-electron chi connectivity index (χ1n) is 5.01. The number of nitrogens with two attached hydrogens (primary N) is 1. The second kappa shape index (κ2) is 7.17. The summed E-state index contributed by atoms with van der Waals surface area (Å²) in [5.74, 6) is 0. The minimum atomic E-state index is -3.34. The van der Waals surface area contributed by atoms with Gasteiger partial charge in [0.05, 0.1) is 0 Å². The lowest BCUT2D eigenvalue weighted by atomic mass is 10.2. The van der Waals surface area contributed by atoms with Crippen molar-refractivity contribution in [2.45, 2.75) is 39.2 Å². The van der Waals surface area contributed by atoms with Crippen molar-refractivity contribution >= 4 is 10.2 Å². The van der Waals surface area contributed by atoms with Crippen molar-refractivity contribution in [2.75, 3.05) is 13.1 Å². The second-order valence-electron chi connectivity index (χ2n) is 3.29. The first-order valence-corrected chi connectivity index (χ1v) is 6.50. The molecule has 0 aliphatic carbocycles.